The summed E-state index contributed by atoms with van der Waals surface area (Å²) >= 11 is 1.92. The standard InChI is InChI=1S/C15H24N4S/c1-2-8-18(9-3-1)10-11-20-15-17-16-14(12-4-5-12)19(15)13-6-7-13/h12-13H,1-11H2. The van der Waals surface area contributed by atoms with Crippen molar-refractivity contribution < 1.29 is 0 Å². The van der Waals surface area contributed by atoms with Crippen LogP contribution in [0.25, 0.3) is 0 Å². The summed E-state index contributed by atoms with van der Waals surface area (Å²) in [6.07, 6.45) is 9.50. The summed E-state index contributed by atoms with van der Waals surface area (Å²) in [6.45, 7) is 3.80. The van der Waals surface area contributed by atoms with Gasteiger partial charge in [0, 0.05) is 24.3 Å². The highest BCUT2D eigenvalue weighted by atomic mass is 32.2. The molecule has 2 heterocycles. The maximum Gasteiger partial charge on any atom is 0.191 e. The van der Waals surface area contributed by atoms with Crippen molar-refractivity contribution in [2.45, 2.75) is 62.1 Å². The molecule has 2 saturated carbocycles. The van der Waals surface area contributed by atoms with Crippen LogP contribution in [0.3, 0.4) is 0 Å². The van der Waals surface area contributed by atoms with Crippen LogP contribution in [0.15, 0.2) is 5.16 Å². The van der Waals surface area contributed by atoms with Crippen LogP contribution in [0, 0.1) is 0 Å². The summed E-state index contributed by atoms with van der Waals surface area (Å²) in [6, 6.07) is 0.720. The lowest BCUT2D eigenvalue weighted by atomic mass is 10.1. The molecule has 0 aromatic carbocycles. The fourth-order valence-electron chi connectivity index (χ4n) is 3.13. The Balaban J connectivity index is 1.36. The molecule has 1 aromatic rings. The molecular weight excluding hydrogens is 268 g/mol. The first kappa shape index (κ1) is 13.1. The Kier molecular flexibility index (Phi) is 3.73. The number of piperidine rings is 1. The van der Waals surface area contributed by atoms with Crippen molar-refractivity contribution in [3.63, 3.8) is 0 Å². The number of rotatable bonds is 6. The van der Waals surface area contributed by atoms with Crippen molar-refractivity contribution in [2.75, 3.05) is 25.4 Å². The average Bonchev–Trinajstić information content (AvgIpc) is 3.40. The van der Waals surface area contributed by atoms with E-state index in [0.29, 0.717) is 0 Å². The second-order valence-electron chi connectivity index (χ2n) is 6.47. The second-order valence-corrected chi connectivity index (χ2v) is 7.53. The zero-order valence-electron chi connectivity index (χ0n) is 12.1. The Bertz CT molecular complexity index is 458. The molecule has 3 aliphatic rings. The first-order valence-corrected chi connectivity index (χ1v) is 9.20. The summed E-state index contributed by atoms with van der Waals surface area (Å²) < 4.78 is 2.47. The molecule has 110 valence electrons. The van der Waals surface area contributed by atoms with Crippen LogP contribution in [-0.4, -0.2) is 45.1 Å². The van der Waals surface area contributed by atoms with Gasteiger partial charge in [0.05, 0.1) is 0 Å². The minimum Gasteiger partial charge on any atom is -0.303 e. The molecule has 0 spiro atoms. The van der Waals surface area contributed by atoms with E-state index in [-0.39, 0.29) is 0 Å². The van der Waals surface area contributed by atoms with Crippen molar-refractivity contribution >= 4 is 11.8 Å². The molecule has 1 aromatic heterocycles. The Morgan fingerprint density at radius 2 is 1.80 bits per heavy atom. The molecule has 0 N–H and O–H groups in total. The molecule has 0 radical (unpaired) electrons. The fraction of sp³-hybridized carbons (Fsp3) is 0.867. The van der Waals surface area contributed by atoms with Gasteiger partial charge in [-0.25, -0.2) is 0 Å². The van der Waals surface area contributed by atoms with Crippen molar-refractivity contribution in [1.82, 2.24) is 19.7 Å². The highest BCUT2D eigenvalue weighted by Gasteiger charge is 2.36. The Morgan fingerprint density at radius 1 is 1.00 bits per heavy atom. The van der Waals surface area contributed by atoms with Crippen molar-refractivity contribution in [3.05, 3.63) is 5.82 Å². The smallest absolute Gasteiger partial charge is 0.191 e. The summed E-state index contributed by atoms with van der Waals surface area (Å²) in [5.74, 6) is 3.17. The van der Waals surface area contributed by atoms with Gasteiger partial charge in [0.1, 0.15) is 5.82 Å². The lowest BCUT2D eigenvalue weighted by molar-refractivity contribution is 0.242. The van der Waals surface area contributed by atoms with Gasteiger partial charge in [-0.2, -0.15) is 0 Å². The topological polar surface area (TPSA) is 34.0 Å². The summed E-state index contributed by atoms with van der Waals surface area (Å²) in [5, 5.41) is 10.1. The summed E-state index contributed by atoms with van der Waals surface area (Å²) in [7, 11) is 0. The van der Waals surface area contributed by atoms with E-state index in [1.807, 2.05) is 11.8 Å². The van der Waals surface area contributed by atoms with Gasteiger partial charge in [-0.3, -0.25) is 0 Å². The maximum atomic E-state index is 4.48. The van der Waals surface area contributed by atoms with Crippen molar-refractivity contribution in [2.24, 2.45) is 0 Å². The molecule has 5 heteroatoms. The number of hydrogen-bond acceptors (Lipinski definition) is 4. The van der Waals surface area contributed by atoms with Gasteiger partial charge in [0.15, 0.2) is 5.16 Å². The molecule has 1 saturated heterocycles. The quantitative estimate of drug-likeness (QED) is 0.755. The van der Waals surface area contributed by atoms with Gasteiger partial charge in [-0.05, 0) is 51.6 Å². The third-order valence-electron chi connectivity index (χ3n) is 4.63. The van der Waals surface area contributed by atoms with Crippen LogP contribution in [0.2, 0.25) is 0 Å². The third-order valence-corrected chi connectivity index (χ3v) is 5.56. The van der Waals surface area contributed by atoms with Crippen LogP contribution in [0.5, 0.6) is 0 Å². The maximum absolute atomic E-state index is 4.48. The van der Waals surface area contributed by atoms with Gasteiger partial charge in [-0.15, -0.1) is 10.2 Å². The van der Waals surface area contributed by atoms with Crippen LogP contribution < -0.4 is 0 Å². The minimum atomic E-state index is 0.720. The molecule has 0 atom stereocenters. The van der Waals surface area contributed by atoms with Gasteiger partial charge in [0.25, 0.3) is 0 Å². The predicted molar refractivity (Wildman–Crippen MR) is 81.3 cm³/mol. The van der Waals surface area contributed by atoms with Gasteiger partial charge < -0.3 is 9.47 Å². The molecule has 20 heavy (non-hydrogen) atoms. The molecule has 2 aliphatic carbocycles. The van der Waals surface area contributed by atoms with Crippen molar-refractivity contribution in [1.29, 1.82) is 0 Å². The highest BCUT2D eigenvalue weighted by Crippen LogP contribution is 2.45. The lowest BCUT2D eigenvalue weighted by Gasteiger charge is -2.25. The minimum absolute atomic E-state index is 0.720. The second kappa shape index (κ2) is 5.68. The zero-order chi connectivity index (χ0) is 13.4. The number of hydrogen-bond donors (Lipinski definition) is 0. The number of aromatic nitrogens is 3. The monoisotopic (exact) mass is 292 g/mol. The van der Waals surface area contributed by atoms with E-state index in [1.54, 1.807) is 0 Å². The van der Waals surface area contributed by atoms with E-state index in [4.69, 9.17) is 0 Å². The van der Waals surface area contributed by atoms with Crippen molar-refractivity contribution in [3.8, 4) is 0 Å². The van der Waals surface area contributed by atoms with Crippen LogP contribution in [0.4, 0.5) is 0 Å². The van der Waals surface area contributed by atoms with E-state index in [0.717, 1.165) is 17.7 Å². The van der Waals surface area contributed by atoms with Gasteiger partial charge in [0.2, 0.25) is 0 Å². The van der Waals surface area contributed by atoms with Gasteiger partial charge in [-0.1, -0.05) is 18.2 Å². The molecular formula is C15H24N4S. The van der Waals surface area contributed by atoms with Crippen LogP contribution >= 0.6 is 11.8 Å². The number of likely N-dealkylation sites (tertiary alicyclic amines) is 1. The largest absolute Gasteiger partial charge is 0.303 e. The van der Waals surface area contributed by atoms with E-state index in [2.05, 4.69) is 19.7 Å². The predicted octanol–water partition coefficient (Wildman–Crippen LogP) is 3.07. The van der Waals surface area contributed by atoms with E-state index in [9.17, 15) is 0 Å². The lowest BCUT2D eigenvalue weighted by Crippen LogP contribution is -2.31. The van der Waals surface area contributed by atoms with E-state index >= 15 is 0 Å². The highest BCUT2D eigenvalue weighted by molar-refractivity contribution is 7.99. The molecule has 1 aliphatic heterocycles. The molecule has 0 amide bonds. The first-order chi connectivity index (χ1) is 9.92. The van der Waals surface area contributed by atoms with E-state index < -0.39 is 0 Å². The Hall–Kier alpha value is -0.550. The average molecular weight is 292 g/mol. The summed E-state index contributed by atoms with van der Waals surface area (Å²) in [5.41, 5.74) is 0. The van der Waals surface area contributed by atoms with E-state index in [1.165, 1.54) is 75.6 Å². The zero-order valence-corrected chi connectivity index (χ0v) is 12.9. The normalized spacial score (nSPS) is 24.2. The molecule has 0 bridgehead atoms. The van der Waals surface area contributed by atoms with Gasteiger partial charge >= 0.3 is 0 Å². The SMILES string of the molecule is C1CCN(CCSc2nnc(C3CC3)n2C2CC2)CC1. The fourth-order valence-corrected chi connectivity index (χ4v) is 4.14. The van der Waals surface area contributed by atoms with Crippen LogP contribution in [-0.2, 0) is 0 Å². The third kappa shape index (κ3) is 2.89. The summed E-state index contributed by atoms with van der Waals surface area (Å²) in [4.78, 5) is 2.61. The molecule has 0 unspecified atom stereocenters. The molecule has 4 rings (SSSR count). The Morgan fingerprint density at radius 3 is 2.50 bits per heavy atom. The van der Waals surface area contributed by atoms with Crippen LogP contribution in [0.1, 0.15) is 62.7 Å². The first-order valence-electron chi connectivity index (χ1n) is 8.22. The molecule has 3 fully saturated rings. The Labute approximate surface area is 125 Å². The molecule has 4 nitrogen and oxygen atoms in total. The number of nitrogens with zero attached hydrogens (tertiary/aromatic N) is 4. The number of thioether (sulfide) groups is 1.